The van der Waals surface area contributed by atoms with E-state index in [1.165, 1.54) is 16.9 Å². The summed E-state index contributed by atoms with van der Waals surface area (Å²) in [5.74, 6) is 1.38. The van der Waals surface area contributed by atoms with E-state index in [1.807, 2.05) is 42.5 Å². The van der Waals surface area contributed by atoms with Crippen molar-refractivity contribution in [2.75, 3.05) is 36.4 Å². The number of fused-ring (bicyclic) bond motifs is 1. The van der Waals surface area contributed by atoms with Gasteiger partial charge in [0.1, 0.15) is 10.0 Å². The molecule has 4 aromatic rings. The summed E-state index contributed by atoms with van der Waals surface area (Å²) in [6.45, 7) is 3.93. The molecule has 34 heavy (non-hydrogen) atoms. The molecule has 1 atom stereocenters. The zero-order valence-corrected chi connectivity index (χ0v) is 21.8. The number of hydrogen-bond donors (Lipinski definition) is 1. The highest BCUT2D eigenvalue weighted by Crippen LogP contribution is 2.30. The Bertz CT molecular complexity index is 1400. The lowest BCUT2D eigenvalue weighted by atomic mass is 10.1. The molecule has 2 aromatic heterocycles. The van der Waals surface area contributed by atoms with E-state index < -0.39 is 10.0 Å². The van der Waals surface area contributed by atoms with E-state index in [2.05, 4.69) is 45.2 Å². The van der Waals surface area contributed by atoms with Gasteiger partial charge < -0.3 is 10.2 Å². The van der Waals surface area contributed by atoms with Gasteiger partial charge in [0.25, 0.3) is 10.0 Å². The Labute approximate surface area is 211 Å². The minimum atomic E-state index is -3.49. The van der Waals surface area contributed by atoms with Crippen molar-refractivity contribution in [3.63, 3.8) is 0 Å². The second-order valence-electron chi connectivity index (χ2n) is 8.12. The molecule has 0 bridgehead atoms. The van der Waals surface area contributed by atoms with Gasteiger partial charge in [0.2, 0.25) is 5.95 Å². The number of thiophene rings is 1. The van der Waals surface area contributed by atoms with Gasteiger partial charge in [-0.2, -0.15) is 9.29 Å². The van der Waals surface area contributed by atoms with Crippen molar-refractivity contribution in [3.05, 3.63) is 76.1 Å². The third-order valence-electron chi connectivity index (χ3n) is 5.91. The van der Waals surface area contributed by atoms with Crippen LogP contribution >= 0.6 is 27.3 Å². The Kier molecular flexibility index (Phi) is 6.57. The van der Waals surface area contributed by atoms with Crippen LogP contribution in [0.1, 0.15) is 18.5 Å². The van der Waals surface area contributed by atoms with Crippen molar-refractivity contribution in [2.24, 2.45) is 0 Å². The lowest BCUT2D eigenvalue weighted by molar-refractivity contribution is 0.383. The van der Waals surface area contributed by atoms with Gasteiger partial charge in [0.05, 0.1) is 9.30 Å². The quantitative estimate of drug-likeness (QED) is 0.353. The number of piperazine rings is 1. The third kappa shape index (κ3) is 4.68. The SMILES string of the molecule is CC(Nc1nc(N2CCN(S(=O)(=O)c3ccc(Br)s3)CC2)nc2ccccc12)c1ccccc1. The van der Waals surface area contributed by atoms with Gasteiger partial charge >= 0.3 is 0 Å². The van der Waals surface area contributed by atoms with Crippen LogP contribution in [0.3, 0.4) is 0 Å². The van der Waals surface area contributed by atoms with Crippen LogP contribution in [0, 0.1) is 0 Å². The van der Waals surface area contributed by atoms with Crippen LogP contribution in [0.25, 0.3) is 10.9 Å². The summed E-state index contributed by atoms with van der Waals surface area (Å²) in [4.78, 5) is 11.7. The van der Waals surface area contributed by atoms with Crippen molar-refractivity contribution < 1.29 is 8.42 Å². The predicted octanol–water partition coefficient (Wildman–Crippen LogP) is 5.14. The summed E-state index contributed by atoms with van der Waals surface area (Å²) in [6, 6.07) is 21.7. The van der Waals surface area contributed by atoms with Crippen molar-refractivity contribution in [1.82, 2.24) is 14.3 Å². The molecular weight excluding hydrogens is 534 g/mol. The van der Waals surface area contributed by atoms with E-state index in [4.69, 9.17) is 9.97 Å². The van der Waals surface area contributed by atoms with Gasteiger partial charge in [0, 0.05) is 37.6 Å². The van der Waals surface area contributed by atoms with Crippen LogP contribution in [0.15, 0.2) is 74.7 Å². The molecule has 1 N–H and O–H groups in total. The molecule has 2 aromatic carbocycles. The number of nitrogens with one attached hydrogen (secondary N) is 1. The van der Waals surface area contributed by atoms with Crippen molar-refractivity contribution in [2.45, 2.75) is 17.2 Å². The number of anilines is 2. The molecule has 1 saturated heterocycles. The standard InChI is InChI=1S/C24H24BrN5O2S2/c1-17(18-7-3-2-4-8-18)26-23-19-9-5-6-10-20(19)27-24(28-23)29-13-15-30(16-14-29)34(31,32)22-12-11-21(25)33-22/h2-12,17H,13-16H2,1H3,(H,26,27,28). The Hall–Kier alpha value is -2.53. The fourth-order valence-corrected chi connectivity index (χ4v) is 7.62. The Morgan fingerprint density at radius 1 is 0.941 bits per heavy atom. The molecule has 1 aliphatic rings. The minimum absolute atomic E-state index is 0.0690. The lowest BCUT2D eigenvalue weighted by Gasteiger charge is -2.34. The highest BCUT2D eigenvalue weighted by atomic mass is 79.9. The van der Waals surface area contributed by atoms with Gasteiger partial charge in [-0.15, -0.1) is 11.3 Å². The first-order valence-electron chi connectivity index (χ1n) is 11.0. The minimum Gasteiger partial charge on any atom is -0.363 e. The zero-order chi connectivity index (χ0) is 23.7. The molecule has 0 saturated carbocycles. The maximum absolute atomic E-state index is 13.0. The van der Waals surface area contributed by atoms with Crippen LogP contribution in [0.5, 0.6) is 0 Å². The molecule has 1 fully saturated rings. The van der Waals surface area contributed by atoms with Crippen LogP contribution in [-0.4, -0.2) is 48.9 Å². The molecule has 176 valence electrons. The van der Waals surface area contributed by atoms with Crippen molar-refractivity contribution in [3.8, 4) is 0 Å². The first-order valence-corrected chi connectivity index (χ1v) is 14.1. The lowest BCUT2D eigenvalue weighted by Crippen LogP contribution is -2.49. The summed E-state index contributed by atoms with van der Waals surface area (Å²) in [5.41, 5.74) is 2.03. The van der Waals surface area contributed by atoms with Crippen molar-refractivity contribution >= 4 is 60.0 Å². The average Bonchev–Trinajstić information content (AvgIpc) is 3.32. The monoisotopic (exact) mass is 557 g/mol. The van der Waals surface area contributed by atoms with Crippen LogP contribution in [-0.2, 0) is 10.0 Å². The highest BCUT2D eigenvalue weighted by molar-refractivity contribution is 9.11. The number of rotatable bonds is 6. The van der Waals surface area contributed by atoms with E-state index in [-0.39, 0.29) is 6.04 Å². The molecule has 10 heteroatoms. The number of para-hydroxylation sites is 1. The maximum atomic E-state index is 13.0. The van der Waals surface area contributed by atoms with E-state index in [1.54, 1.807) is 16.4 Å². The summed E-state index contributed by atoms with van der Waals surface area (Å²) in [6.07, 6.45) is 0. The molecule has 5 rings (SSSR count). The summed E-state index contributed by atoms with van der Waals surface area (Å²) < 4.78 is 28.7. The first-order chi connectivity index (χ1) is 16.4. The topological polar surface area (TPSA) is 78.4 Å². The number of hydrogen-bond acceptors (Lipinski definition) is 7. The second kappa shape index (κ2) is 9.61. The number of halogens is 1. The van der Waals surface area contributed by atoms with Crippen LogP contribution in [0.4, 0.5) is 11.8 Å². The molecule has 1 unspecified atom stereocenters. The van der Waals surface area contributed by atoms with E-state index in [9.17, 15) is 8.42 Å². The number of benzene rings is 2. The molecule has 0 amide bonds. The summed E-state index contributed by atoms with van der Waals surface area (Å²) in [5, 5.41) is 4.51. The van der Waals surface area contributed by atoms with Gasteiger partial charge in [-0.05, 0) is 52.7 Å². The molecule has 0 spiro atoms. The maximum Gasteiger partial charge on any atom is 0.252 e. The Morgan fingerprint density at radius 2 is 1.65 bits per heavy atom. The van der Waals surface area contributed by atoms with E-state index >= 15 is 0 Å². The first kappa shape index (κ1) is 23.2. The normalized spacial score (nSPS) is 16.0. The van der Waals surface area contributed by atoms with E-state index in [0.717, 1.165) is 20.5 Å². The van der Waals surface area contributed by atoms with E-state index in [0.29, 0.717) is 36.3 Å². The zero-order valence-electron chi connectivity index (χ0n) is 18.6. The largest absolute Gasteiger partial charge is 0.363 e. The average molecular weight is 559 g/mol. The molecular formula is C24H24BrN5O2S2. The van der Waals surface area contributed by atoms with Crippen molar-refractivity contribution in [1.29, 1.82) is 0 Å². The van der Waals surface area contributed by atoms with Gasteiger partial charge in [-0.3, -0.25) is 0 Å². The number of sulfonamides is 1. The van der Waals surface area contributed by atoms with Gasteiger partial charge in [0.15, 0.2) is 0 Å². The fourth-order valence-electron chi connectivity index (χ4n) is 4.04. The third-order valence-corrected chi connectivity index (χ3v) is 9.90. The smallest absolute Gasteiger partial charge is 0.252 e. The van der Waals surface area contributed by atoms with Gasteiger partial charge in [-0.25, -0.2) is 13.4 Å². The summed E-state index contributed by atoms with van der Waals surface area (Å²) >= 11 is 4.58. The fraction of sp³-hybridized carbons (Fsp3) is 0.250. The van der Waals surface area contributed by atoms with Crippen LogP contribution in [0.2, 0.25) is 0 Å². The highest BCUT2D eigenvalue weighted by Gasteiger charge is 2.30. The molecule has 3 heterocycles. The predicted molar refractivity (Wildman–Crippen MR) is 141 cm³/mol. The van der Waals surface area contributed by atoms with Crippen LogP contribution < -0.4 is 10.2 Å². The Morgan fingerprint density at radius 3 is 2.35 bits per heavy atom. The summed E-state index contributed by atoms with van der Waals surface area (Å²) in [7, 11) is -3.49. The number of aromatic nitrogens is 2. The molecule has 0 aliphatic carbocycles. The van der Waals surface area contributed by atoms with Gasteiger partial charge in [-0.1, -0.05) is 42.5 Å². The molecule has 7 nitrogen and oxygen atoms in total. The second-order valence-corrected chi connectivity index (χ2v) is 12.7. The molecule has 1 aliphatic heterocycles. The molecule has 0 radical (unpaired) electrons. The Balaban J connectivity index is 1.38. The number of nitrogens with zero attached hydrogens (tertiary/aromatic N) is 4.